The second-order valence-corrected chi connectivity index (χ2v) is 8.80. The first kappa shape index (κ1) is 25.0. The maximum Gasteiger partial charge on any atom is 0.348 e. The lowest BCUT2D eigenvalue weighted by molar-refractivity contribution is 0.0393. The van der Waals surface area contributed by atoms with Crippen molar-refractivity contribution in [3.63, 3.8) is 0 Å². The molecule has 0 saturated heterocycles. The van der Waals surface area contributed by atoms with E-state index in [0.29, 0.717) is 33.9 Å². The number of esters is 1. The summed E-state index contributed by atoms with van der Waals surface area (Å²) in [5, 5.41) is 0.636. The molecular weight excluding hydrogens is 464 g/mol. The monoisotopic (exact) mass is 490 g/mol. The average molecular weight is 491 g/mol. The topological polar surface area (TPSA) is 90.5 Å². The first-order valence-corrected chi connectivity index (χ1v) is 11.9. The summed E-state index contributed by atoms with van der Waals surface area (Å²) < 4.78 is 15.8. The van der Waals surface area contributed by atoms with Crippen molar-refractivity contribution in [1.82, 2.24) is 9.97 Å². The Labute approximate surface area is 201 Å². The molecule has 0 unspecified atom stereocenters. The molecule has 2 heterocycles. The Hall–Kier alpha value is -2.68. The van der Waals surface area contributed by atoms with Gasteiger partial charge in [-0.3, -0.25) is 4.79 Å². The number of aromatic nitrogens is 2. The SMILES string of the molecule is CCCCCOc1ccc(/C=C(\Cl)c2nc3sc(C(=O)OCCOC)c(C)c3c(=O)[nH]2)cc1. The van der Waals surface area contributed by atoms with Crippen molar-refractivity contribution in [3.05, 3.63) is 56.4 Å². The van der Waals surface area contributed by atoms with Crippen molar-refractivity contribution in [2.75, 3.05) is 26.9 Å². The largest absolute Gasteiger partial charge is 0.494 e. The van der Waals surface area contributed by atoms with Crippen molar-refractivity contribution < 1.29 is 19.0 Å². The lowest BCUT2D eigenvalue weighted by Crippen LogP contribution is -2.11. The molecule has 3 rings (SSSR count). The summed E-state index contributed by atoms with van der Waals surface area (Å²) in [6.45, 7) is 4.98. The molecule has 3 aromatic rings. The lowest BCUT2D eigenvalue weighted by Gasteiger charge is -2.06. The number of carbonyl (C=O) groups excluding carboxylic acids is 1. The molecular formula is C24H27ClN2O5S. The van der Waals surface area contributed by atoms with Gasteiger partial charge in [-0.1, -0.05) is 43.5 Å². The smallest absolute Gasteiger partial charge is 0.348 e. The molecule has 0 spiro atoms. The summed E-state index contributed by atoms with van der Waals surface area (Å²) in [6, 6.07) is 7.53. The van der Waals surface area contributed by atoms with Gasteiger partial charge in [-0.05, 0) is 42.7 Å². The summed E-state index contributed by atoms with van der Waals surface area (Å²) in [4.78, 5) is 33.0. The molecule has 0 radical (unpaired) electrons. The van der Waals surface area contributed by atoms with E-state index in [1.54, 1.807) is 13.0 Å². The van der Waals surface area contributed by atoms with Gasteiger partial charge in [0, 0.05) is 7.11 Å². The Bertz CT molecular complexity index is 1180. The van der Waals surface area contributed by atoms with Crippen molar-refractivity contribution in [3.8, 4) is 5.75 Å². The lowest BCUT2D eigenvalue weighted by atomic mass is 10.2. The molecule has 0 aliphatic carbocycles. The summed E-state index contributed by atoms with van der Waals surface area (Å²) in [7, 11) is 1.53. The molecule has 2 aromatic heterocycles. The van der Waals surface area contributed by atoms with Crippen molar-refractivity contribution in [2.45, 2.75) is 33.1 Å². The number of rotatable bonds is 11. The molecule has 1 aromatic carbocycles. The van der Waals surface area contributed by atoms with Crippen LogP contribution in [0.3, 0.4) is 0 Å². The van der Waals surface area contributed by atoms with E-state index >= 15 is 0 Å². The van der Waals surface area contributed by atoms with Crippen LogP contribution in [0.1, 0.15) is 52.8 Å². The number of carbonyl (C=O) groups is 1. The fourth-order valence-corrected chi connectivity index (χ4v) is 4.44. The van der Waals surface area contributed by atoms with E-state index in [-0.39, 0.29) is 23.0 Å². The highest BCUT2D eigenvalue weighted by Crippen LogP contribution is 2.29. The van der Waals surface area contributed by atoms with Crippen LogP contribution in [-0.4, -0.2) is 42.9 Å². The predicted octanol–water partition coefficient (Wildman–Crippen LogP) is 5.40. The molecule has 0 aliphatic heterocycles. The summed E-state index contributed by atoms with van der Waals surface area (Å²) in [5.41, 5.74) is 1.02. The van der Waals surface area contributed by atoms with Crippen molar-refractivity contribution in [1.29, 1.82) is 0 Å². The van der Waals surface area contributed by atoms with Gasteiger partial charge >= 0.3 is 5.97 Å². The molecule has 176 valence electrons. The highest BCUT2D eigenvalue weighted by molar-refractivity contribution is 7.20. The van der Waals surface area contributed by atoms with Crippen LogP contribution >= 0.6 is 22.9 Å². The number of ether oxygens (including phenoxy) is 3. The minimum Gasteiger partial charge on any atom is -0.494 e. The second-order valence-electron chi connectivity index (χ2n) is 7.40. The first-order valence-electron chi connectivity index (χ1n) is 10.7. The van der Waals surface area contributed by atoms with Crippen LogP contribution in [0.15, 0.2) is 29.1 Å². The molecule has 0 fully saturated rings. The second kappa shape index (κ2) is 12.0. The Morgan fingerprint density at radius 3 is 2.64 bits per heavy atom. The number of thiophene rings is 1. The number of fused-ring (bicyclic) bond motifs is 1. The van der Waals surface area contributed by atoms with Crippen LogP contribution in [0.2, 0.25) is 0 Å². The summed E-state index contributed by atoms with van der Waals surface area (Å²) in [5.74, 6) is 0.521. The minimum absolute atomic E-state index is 0.134. The van der Waals surface area contributed by atoms with Gasteiger partial charge in [-0.15, -0.1) is 11.3 Å². The number of methoxy groups -OCH3 is 1. The molecule has 0 bridgehead atoms. The number of unbranched alkanes of at least 4 members (excludes halogenated alkanes) is 2. The number of hydrogen-bond acceptors (Lipinski definition) is 7. The molecule has 9 heteroatoms. The van der Waals surface area contributed by atoms with Crippen LogP contribution in [0, 0.1) is 6.92 Å². The minimum atomic E-state index is -0.507. The van der Waals surface area contributed by atoms with E-state index in [1.807, 2.05) is 24.3 Å². The van der Waals surface area contributed by atoms with Gasteiger partial charge in [-0.25, -0.2) is 9.78 Å². The van der Waals surface area contributed by atoms with Gasteiger partial charge in [0.05, 0.1) is 23.6 Å². The highest BCUT2D eigenvalue weighted by atomic mass is 35.5. The number of nitrogens with one attached hydrogen (secondary N) is 1. The molecule has 0 amide bonds. The van der Waals surface area contributed by atoms with E-state index in [4.69, 9.17) is 25.8 Å². The van der Waals surface area contributed by atoms with Gasteiger partial charge in [0.2, 0.25) is 0 Å². The molecule has 7 nitrogen and oxygen atoms in total. The Morgan fingerprint density at radius 2 is 1.94 bits per heavy atom. The van der Waals surface area contributed by atoms with Crippen molar-refractivity contribution in [2.24, 2.45) is 0 Å². The summed E-state index contributed by atoms with van der Waals surface area (Å²) >= 11 is 7.57. The number of benzene rings is 1. The fraction of sp³-hybridized carbons (Fsp3) is 0.375. The normalized spacial score (nSPS) is 11.7. The van der Waals surface area contributed by atoms with Crippen LogP contribution in [0.4, 0.5) is 0 Å². The predicted molar refractivity (Wildman–Crippen MR) is 132 cm³/mol. The number of hydrogen-bond donors (Lipinski definition) is 1. The molecule has 1 N–H and O–H groups in total. The molecule has 33 heavy (non-hydrogen) atoms. The van der Waals surface area contributed by atoms with Gasteiger partial charge in [-0.2, -0.15) is 0 Å². The zero-order valence-corrected chi connectivity index (χ0v) is 20.5. The standard InChI is InChI=1S/C24H27ClN2O5S/c1-4-5-6-11-31-17-9-7-16(8-10-17)14-18(25)21-26-22(28)19-15(2)20(33-23(19)27-21)24(29)32-13-12-30-3/h7-10,14H,4-6,11-13H2,1-3H3,(H,26,27,28)/b18-14-. The Kier molecular flexibility index (Phi) is 9.05. The van der Waals surface area contributed by atoms with Crippen LogP contribution < -0.4 is 10.3 Å². The molecule has 0 aliphatic rings. The average Bonchev–Trinajstić information content (AvgIpc) is 3.15. The third kappa shape index (κ3) is 6.43. The number of halogens is 1. The van der Waals surface area contributed by atoms with Gasteiger partial charge in [0.1, 0.15) is 22.1 Å². The maximum atomic E-state index is 12.7. The summed E-state index contributed by atoms with van der Waals surface area (Å²) in [6.07, 6.45) is 5.04. The zero-order chi connectivity index (χ0) is 23.8. The third-order valence-electron chi connectivity index (χ3n) is 4.92. The molecule has 0 saturated carbocycles. The third-order valence-corrected chi connectivity index (χ3v) is 6.38. The van der Waals surface area contributed by atoms with E-state index < -0.39 is 5.97 Å². The van der Waals surface area contributed by atoms with Crippen LogP contribution in [0.25, 0.3) is 21.3 Å². The molecule has 0 atom stereocenters. The highest BCUT2D eigenvalue weighted by Gasteiger charge is 2.21. The van der Waals surface area contributed by atoms with E-state index in [2.05, 4.69) is 16.9 Å². The fourth-order valence-electron chi connectivity index (χ4n) is 3.15. The van der Waals surface area contributed by atoms with Gasteiger partial charge in [0.15, 0.2) is 5.82 Å². The van der Waals surface area contributed by atoms with E-state index in [9.17, 15) is 9.59 Å². The van der Waals surface area contributed by atoms with E-state index in [1.165, 1.54) is 7.11 Å². The van der Waals surface area contributed by atoms with Gasteiger partial charge < -0.3 is 19.2 Å². The number of nitrogens with zero attached hydrogens (tertiary/aromatic N) is 1. The number of aryl methyl sites for hydroxylation is 1. The number of aromatic amines is 1. The first-order chi connectivity index (χ1) is 15.9. The van der Waals surface area contributed by atoms with Crippen molar-refractivity contribution >= 4 is 50.2 Å². The maximum absolute atomic E-state index is 12.7. The van der Waals surface area contributed by atoms with Gasteiger partial charge in [0.25, 0.3) is 5.56 Å². The van der Waals surface area contributed by atoms with E-state index in [0.717, 1.165) is 41.9 Å². The quantitative estimate of drug-likeness (QED) is 0.286. The van der Waals surface area contributed by atoms with Crippen LogP contribution in [-0.2, 0) is 9.47 Å². The van der Waals surface area contributed by atoms with Crippen LogP contribution in [0.5, 0.6) is 5.75 Å². The Morgan fingerprint density at radius 1 is 1.18 bits per heavy atom. The zero-order valence-electron chi connectivity index (χ0n) is 18.9. The number of H-pyrrole nitrogens is 1. The Balaban J connectivity index is 1.79.